The van der Waals surface area contributed by atoms with Crippen LogP contribution in [-0.2, 0) is 6.54 Å². The SMILES string of the molecule is CCNc1nc(C2CC2)nc(NCCn2ccnn2)c1C. The van der Waals surface area contributed by atoms with Gasteiger partial charge in [-0.3, -0.25) is 4.68 Å². The van der Waals surface area contributed by atoms with E-state index >= 15 is 0 Å². The predicted molar refractivity (Wildman–Crippen MR) is 81.4 cm³/mol. The van der Waals surface area contributed by atoms with Crippen molar-refractivity contribution in [1.29, 1.82) is 0 Å². The molecule has 0 aliphatic heterocycles. The fraction of sp³-hybridized carbons (Fsp3) is 0.571. The minimum atomic E-state index is 0.541. The number of hydrogen-bond acceptors (Lipinski definition) is 6. The Labute approximate surface area is 124 Å². The quantitative estimate of drug-likeness (QED) is 0.808. The molecule has 0 unspecified atom stereocenters. The molecule has 2 heterocycles. The second kappa shape index (κ2) is 6.07. The van der Waals surface area contributed by atoms with Gasteiger partial charge in [0.2, 0.25) is 0 Å². The van der Waals surface area contributed by atoms with E-state index in [1.54, 1.807) is 10.9 Å². The third-order valence-electron chi connectivity index (χ3n) is 3.56. The summed E-state index contributed by atoms with van der Waals surface area (Å²) in [5, 5.41) is 14.5. The molecule has 0 aromatic carbocycles. The zero-order valence-electron chi connectivity index (χ0n) is 12.5. The molecular formula is C14H21N7. The van der Waals surface area contributed by atoms with E-state index in [0.29, 0.717) is 5.92 Å². The molecule has 1 aliphatic carbocycles. The molecule has 3 rings (SSSR count). The Morgan fingerprint density at radius 2 is 2.00 bits per heavy atom. The van der Waals surface area contributed by atoms with E-state index in [0.717, 1.165) is 42.7 Å². The highest BCUT2D eigenvalue weighted by atomic mass is 15.4. The number of hydrogen-bond donors (Lipinski definition) is 2. The standard InChI is InChI=1S/C14H21N7/c1-3-15-12-10(2)13(19-14(18-12)11-4-5-11)16-6-8-21-9-7-17-20-21/h7,9,11H,3-6,8H2,1-2H3,(H2,15,16,18,19). The number of nitrogens with one attached hydrogen (secondary N) is 2. The Hall–Kier alpha value is -2.18. The third kappa shape index (κ3) is 3.29. The van der Waals surface area contributed by atoms with Gasteiger partial charge in [-0.15, -0.1) is 5.10 Å². The van der Waals surface area contributed by atoms with E-state index in [4.69, 9.17) is 0 Å². The van der Waals surface area contributed by atoms with Gasteiger partial charge >= 0.3 is 0 Å². The molecule has 2 aromatic heterocycles. The molecule has 7 nitrogen and oxygen atoms in total. The fourth-order valence-corrected chi connectivity index (χ4v) is 2.21. The molecule has 2 N–H and O–H groups in total. The largest absolute Gasteiger partial charge is 0.370 e. The lowest BCUT2D eigenvalue weighted by atomic mass is 10.2. The number of rotatable bonds is 7. The summed E-state index contributed by atoms with van der Waals surface area (Å²) in [4.78, 5) is 9.34. The van der Waals surface area contributed by atoms with Crippen molar-refractivity contribution in [2.45, 2.75) is 39.2 Å². The van der Waals surface area contributed by atoms with Gasteiger partial charge < -0.3 is 10.6 Å². The summed E-state index contributed by atoms with van der Waals surface area (Å²) in [5.41, 5.74) is 1.07. The Kier molecular flexibility index (Phi) is 3.98. The minimum Gasteiger partial charge on any atom is -0.370 e. The number of anilines is 2. The van der Waals surface area contributed by atoms with E-state index in [2.05, 4.69) is 37.8 Å². The Morgan fingerprint density at radius 1 is 1.24 bits per heavy atom. The minimum absolute atomic E-state index is 0.541. The highest BCUT2D eigenvalue weighted by Crippen LogP contribution is 2.39. The molecule has 1 saturated carbocycles. The van der Waals surface area contributed by atoms with Gasteiger partial charge in [0, 0.05) is 30.8 Å². The van der Waals surface area contributed by atoms with Gasteiger partial charge in [-0.2, -0.15) is 0 Å². The van der Waals surface area contributed by atoms with Crippen molar-refractivity contribution < 1.29 is 0 Å². The van der Waals surface area contributed by atoms with E-state index in [-0.39, 0.29) is 0 Å². The monoisotopic (exact) mass is 287 g/mol. The second-order valence-corrected chi connectivity index (χ2v) is 5.30. The second-order valence-electron chi connectivity index (χ2n) is 5.30. The van der Waals surface area contributed by atoms with Crippen LogP contribution in [0.4, 0.5) is 11.6 Å². The highest BCUT2D eigenvalue weighted by Gasteiger charge is 2.28. The van der Waals surface area contributed by atoms with E-state index < -0.39 is 0 Å². The zero-order valence-corrected chi connectivity index (χ0v) is 12.5. The average molecular weight is 287 g/mol. The Morgan fingerprint density at radius 3 is 2.62 bits per heavy atom. The molecule has 2 aromatic rings. The van der Waals surface area contributed by atoms with E-state index in [1.165, 1.54) is 12.8 Å². The predicted octanol–water partition coefficient (Wildman–Crippen LogP) is 1.80. The lowest BCUT2D eigenvalue weighted by molar-refractivity contribution is 0.608. The normalized spacial score (nSPS) is 14.2. The summed E-state index contributed by atoms with van der Waals surface area (Å²) in [6.45, 7) is 6.51. The maximum absolute atomic E-state index is 4.69. The van der Waals surface area contributed by atoms with Crippen molar-refractivity contribution >= 4 is 11.6 Å². The zero-order chi connectivity index (χ0) is 14.7. The topological polar surface area (TPSA) is 80.5 Å². The van der Waals surface area contributed by atoms with Crippen LogP contribution in [0.15, 0.2) is 12.4 Å². The molecule has 0 spiro atoms. The lowest BCUT2D eigenvalue weighted by Crippen LogP contribution is -2.15. The van der Waals surface area contributed by atoms with Crippen LogP contribution in [-0.4, -0.2) is 38.1 Å². The smallest absolute Gasteiger partial charge is 0.136 e. The Bertz CT molecular complexity index is 590. The van der Waals surface area contributed by atoms with Crippen molar-refractivity contribution in [2.24, 2.45) is 0 Å². The van der Waals surface area contributed by atoms with Crippen LogP contribution in [0.5, 0.6) is 0 Å². The summed E-state index contributed by atoms with van der Waals surface area (Å²) in [7, 11) is 0. The average Bonchev–Trinajstić information content (AvgIpc) is 3.20. The molecule has 1 fully saturated rings. The molecule has 112 valence electrons. The molecule has 0 atom stereocenters. The van der Waals surface area contributed by atoms with Crippen LogP contribution in [0.2, 0.25) is 0 Å². The molecule has 21 heavy (non-hydrogen) atoms. The maximum atomic E-state index is 4.69. The van der Waals surface area contributed by atoms with Crippen LogP contribution in [0.25, 0.3) is 0 Å². The number of aromatic nitrogens is 5. The van der Waals surface area contributed by atoms with Crippen molar-refractivity contribution in [3.63, 3.8) is 0 Å². The van der Waals surface area contributed by atoms with Gasteiger partial charge in [-0.05, 0) is 26.7 Å². The summed E-state index contributed by atoms with van der Waals surface area (Å²) >= 11 is 0. The summed E-state index contributed by atoms with van der Waals surface area (Å²) in [6.07, 6.45) is 5.94. The van der Waals surface area contributed by atoms with Crippen molar-refractivity contribution in [2.75, 3.05) is 23.7 Å². The summed E-state index contributed by atoms with van der Waals surface area (Å²) < 4.78 is 1.80. The molecule has 0 bridgehead atoms. The van der Waals surface area contributed by atoms with Gasteiger partial charge in [0.25, 0.3) is 0 Å². The first-order valence-electron chi connectivity index (χ1n) is 7.48. The molecule has 0 amide bonds. The van der Waals surface area contributed by atoms with Crippen LogP contribution in [0.3, 0.4) is 0 Å². The van der Waals surface area contributed by atoms with Crippen LogP contribution < -0.4 is 10.6 Å². The molecule has 0 radical (unpaired) electrons. The fourth-order valence-electron chi connectivity index (χ4n) is 2.21. The Balaban J connectivity index is 1.72. The first-order valence-corrected chi connectivity index (χ1v) is 7.48. The van der Waals surface area contributed by atoms with Crippen LogP contribution in [0, 0.1) is 6.92 Å². The van der Waals surface area contributed by atoms with E-state index in [1.807, 2.05) is 13.1 Å². The molecular weight excluding hydrogens is 266 g/mol. The molecule has 0 saturated heterocycles. The molecule has 1 aliphatic rings. The van der Waals surface area contributed by atoms with Gasteiger partial charge in [-0.25, -0.2) is 9.97 Å². The third-order valence-corrected chi connectivity index (χ3v) is 3.56. The van der Waals surface area contributed by atoms with Crippen molar-refractivity contribution in [3.05, 3.63) is 23.8 Å². The van der Waals surface area contributed by atoms with Crippen LogP contribution in [0.1, 0.15) is 37.1 Å². The van der Waals surface area contributed by atoms with Gasteiger partial charge in [0.1, 0.15) is 17.5 Å². The summed E-state index contributed by atoms with van der Waals surface area (Å²) in [6, 6.07) is 0. The maximum Gasteiger partial charge on any atom is 0.136 e. The highest BCUT2D eigenvalue weighted by molar-refractivity contribution is 5.57. The summed E-state index contributed by atoms with van der Waals surface area (Å²) in [5.74, 6) is 3.36. The molecule has 7 heteroatoms. The number of nitrogens with zero attached hydrogens (tertiary/aromatic N) is 5. The lowest BCUT2D eigenvalue weighted by Gasteiger charge is -2.14. The van der Waals surface area contributed by atoms with Crippen LogP contribution >= 0.6 is 0 Å². The first kappa shape index (κ1) is 13.8. The van der Waals surface area contributed by atoms with E-state index in [9.17, 15) is 0 Å². The van der Waals surface area contributed by atoms with Gasteiger partial charge in [0.15, 0.2) is 0 Å². The van der Waals surface area contributed by atoms with Gasteiger partial charge in [0.05, 0.1) is 12.7 Å². The first-order chi connectivity index (χ1) is 10.3. The van der Waals surface area contributed by atoms with Crippen molar-refractivity contribution in [1.82, 2.24) is 25.0 Å². The van der Waals surface area contributed by atoms with Gasteiger partial charge in [-0.1, -0.05) is 5.21 Å². The van der Waals surface area contributed by atoms with Crippen molar-refractivity contribution in [3.8, 4) is 0 Å².